The average Bonchev–Trinajstić information content (AvgIpc) is 3.11. The van der Waals surface area contributed by atoms with Gasteiger partial charge in [-0.1, -0.05) is 58.4 Å². The normalized spacial score (nSPS) is 30.1. The zero-order valence-electron chi connectivity index (χ0n) is 11.8. The third-order valence-corrected chi connectivity index (χ3v) is 5.02. The second kappa shape index (κ2) is 5.52. The highest BCUT2D eigenvalue weighted by atomic mass is 79.9. The van der Waals surface area contributed by atoms with E-state index in [9.17, 15) is 4.79 Å². The highest BCUT2D eigenvalue weighted by molar-refractivity contribution is 9.10. The highest BCUT2D eigenvalue weighted by Crippen LogP contribution is 2.50. The van der Waals surface area contributed by atoms with Crippen molar-refractivity contribution in [2.45, 2.75) is 12.2 Å². The van der Waals surface area contributed by atoms with Crippen LogP contribution in [0.25, 0.3) is 0 Å². The lowest BCUT2D eigenvalue weighted by molar-refractivity contribution is -0.148. The predicted octanol–water partition coefficient (Wildman–Crippen LogP) is 4.05. The van der Waals surface area contributed by atoms with Crippen LogP contribution in [0.4, 0.5) is 0 Å². The molecule has 22 heavy (non-hydrogen) atoms. The van der Waals surface area contributed by atoms with E-state index in [1.165, 1.54) is 0 Å². The lowest BCUT2D eigenvalue weighted by atomic mass is 9.84. The summed E-state index contributed by atoms with van der Waals surface area (Å²) < 4.78 is 12.6. The van der Waals surface area contributed by atoms with Crippen LogP contribution in [0.5, 0.6) is 0 Å². The minimum atomic E-state index is -0.216. The summed E-state index contributed by atoms with van der Waals surface area (Å²) in [5.74, 6) is -0.279. The molecule has 4 rings (SSSR count). The summed E-state index contributed by atoms with van der Waals surface area (Å²) in [5, 5.41) is 0. The first-order valence-electron chi connectivity index (χ1n) is 7.36. The lowest BCUT2D eigenvalue weighted by Crippen LogP contribution is -2.17. The summed E-state index contributed by atoms with van der Waals surface area (Å²) in [6.45, 7) is 0.552. The van der Waals surface area contributed by atoms with Crippen molar-refractivity contribution >= 4 is 21.9 Å². The molecule has 4 atom stereocenters. The lowest BCUT2D eigenvalue weighted by Gasteiger charge is -2.15. The molecular formula is C18H15BrO3. The number of cyclic esters (lactones) is 1. The fourth-order valence-corrected chi connectivity index (χ4v) is 3.69. The second-order valence-electron chi connectivity index (χ2n) is 5.76. The van der Waals surface area contributed by atoms with Gasteiger partial charge in [0.1, 0.15) is 6.10 Å². The van der Waals surface area contributed by atoms with Crippen molar-refractivity contribution in [3.8, 4) is 0 Å². The molecule has 0 unspecified atom stereocenters. The monoisotopic (exact) mass is 358 g/mol. The Balaban J connectivity index is 1.64. The van der Waals surface area contributed by atoms with Crippen LogP contribution >= 0.6 is 15.9 Å². The van der Waals surface area contributed by atoms with E-state index in [0.29, 0.717) is 6.61 Å². The number of carbonyl (C=O) groups is 1. The smallest absolute Gasteiger partial charge is 0.313 e. The van der Waals surface area contributed by atoms with Crippen molar-refractivity contribution < 1.29 is 14.3 Å². The Kier molecular flexibility index (Phi) is 3.51. The Morgan fingerprint density at radius 2 is 1.59 bits per heavy atom. The number of carbonyl (C=O) groups excluding carboxylic acids is 1. The van der Waals surface area contributed by atoms with Gasteiger partial charge in [-0.05, 0) is 23.3 Å². The van der Waals surface area contributed by atoms with E-state index >= 15 is 0 Å². The molecule has 2 heterocycles. The van der Waals surface area contributed by atoms with Gasteiger partial charge >= 0.3 is 5.97 Å². The number of halogens is 1. The summed E-state index contributed by atoms with van der Waals surface area (Å²) in [4.78, 5) is 12.4. The van der Waals surface area contributed by atoms with Gasteiger partial charge in [-0.2, -0.15) is 0 Å². The molecule has 2 aromatic rings. The maximum absolute atomic E-state index is 12.4. The summed E-state index contributed by atoms with van der Waals surface area (Å²) >= 11 is 3.43. The van der Waals surface area contributed by atoms with Crippen molar-refractivity contribution in [2.75, 3.05) is 6.61 Å². The highest BCUT2D eigenvalue weighted by Gasteiger charge is 2.54. The largest absolute Gasteiger partial charge is 0.457 e. The second-order valence-corrected chi connectivity index (χ2v) is 6.68. The summed E-state index contributed by atoms with van der Waals surface area (Å²) in [6, 6.07) is 17.9. The molecule has 0 bridgehead atoms. The SMILES string of the molecule is O=C1O[C@@H](c2ccccc2)[C@@H]2CO[C@H](c3ccc(Br)cc3)[C@H]12. The Hall–Kier alpha value is -1.65. The van der Waals surface area contributed by atoms with Crippen LogP contribution in [0.3, 0.4) is 0 Å². The number of rotatable bonds is 2. The molecule has 0 saturated carbocycles. The van der Waals surface area contributed by atoms with E-state index in [0.717, 1.165) is 15.6 Å². The zero-order valence-corrected chi connectivity index (χ0v) is 13.4. The number of hydrogen-bond acceptors (Lipinski definition) is 3. The third kappa shape index (κ3) is 2.27. The first kappa shape index (κ1) is 14.0. The number of ether oxygens (including phenoxy) is 2. The Bertz CT molecular complexity index is 683. The Labute approximate surface area is 137 Å². The standard InChI is InChI=1S/C18H15BrO3/c19-13-8-6-12(7-9-13)17-15-14(10-21-17)16(22-18(15)20)11-4-2-1-3-5-11/h1-9,14-17H,10H2/t14-,15-,16+,17-/m1/s1. The Morgan fingerprint density at radius 1 is 0.909 bits per heavy atom. The van der Waals surface area contributed by atoms with Crippen LogP contribution in [0.1, 0.15) is 23.3 Å². The fourth-order valence-electron chi connectivity index (χ4n) is 3.43. The molecule has 0 N–H and O–H groups in total. The minimum absolute atomic E-state index is 0.0866. The first-order valence-corrected chi connectivity index (χ1v) is 8.16. The summed E-state index contributed by atoms with van der Waals surface area (Å²) in [6.07, 6.45) is -0.404. The molecule has 2 fully saturated rings. The van der Waals surface area contributed by atoms with Gasteiger partial charge in [0.15, 0.2) is 0 Å². The number of hydrogen-bond donors (Lipinski definition) is 0. The molecule has 2 aliphatic heterocycles. The third-order valence-electron chi connectivity index (χ3n) is 4.49. The average molecular weight is 359 g/mol. The molecule has 2 aliphatic rings. The van der Waals surface area contributed by atoms with Gasteiger partial charge in [-0.15, -0.1) is 0 Å². The molecule has 0 aliphatic carbocycles. The minimum Gasteiger partial charge on any atom is -0.457 e. The van der Waals surface area contributed by atoms with Crippen LogP contribution in [0.15, 0.2) is 59.1 Å². The molecule has 2 aromatic carbocycles. The van der Waals surface area contributed by atoms with Gasteiger partial charge in [0.2, 0.25) is 0 Å². The van der Waals surface area contributed by atoms with Crippen LogP contribution < -0.4 is 0 Å². The van der Waals surface area contributed by atoms with E-state index in [-0.39, 0.29) is 30.0 Å². The van der Waals surface area contributed by atoms with Crippen LogP contribution in [-0.2, 0) is 14.3 Å². The molecule has 2 saturated heterocycles. The van der Waals surface area contributed by atoms with E-state index in [2.05, 4.69) is 15.9 Å². The molecule has 4 heteroatoms. The molecule has 0 aromatic heterocycles. The van der Waals surface area contributed by atoms with E-state index in [1.807, 2.05) is 54.6 Å². The van der Waals surface area contributed by atoms with Crippen molar-refractivity contribution in [3.63, 3.8) is 0 Å². The van der Waals surface area contributed by atoms with E-state index in [1.54, 1.807) is 0 Å². The molecule has 3 nitrogen and oxygen atoms in total. The topological polar surface area (TPSA) is 35.5 Å². The number of benzene rings is 2. The molecule has 0 radical (unpaired) electrons. The van der Waals surface area contributed by atoms with Crippen LogP contribution in [0, 0.1) is 11.8 Å². The van der Waals surface area contributed by atoms with Crippen molar-refractivity contribution in [1.29, 1.82) is 0 Å². The quantitative estimate of drug-likeness (QED) is 0.759. The van der Waals surface area contributed by atoms with Gasteiger partial charge in [-0.25, -0.2) is 0 Å². The number of esters is 1. The molecule has 0 amide bonds. The van der Waals surface area contributed by atoms with Crippen LogP contribution in [-0.4, -0.2) is 12.6 Å². The zero-order chi connectivity index (χ0) is 15.1. The first-order chi connectivity index (χ1) is 10.7. The maximum atomic E-state index is 12.4. The summed E-state index contributed by atoms with van der Waals surface area (Å²) in [5.41, 5.74) is 2.07. The van der Waals surface area contributed by atoms with Gasteiger partial charge in [-0.3, -0.25) is 4.79 Å². The number of fused-ring (bicyclic) bond motifs is 1. The van der Waals surface area contributed by atoms with Crippen LogP contribution in [0.2, 0.25) is 0 Å². The van der Waals surface area contributed by atoms with Crippen molar-refractivity contribution in [3.05, 3.63) is 70.2 Å². The predicted molar refractivity (Wildman–Crippen MR) is 85.1 cm³/mol. The molecule has 0 spiro atoms. The van der Waals surface area contributed by atoms with Gasteiger partial charge in [0.25, 0.3) is 0 Å². The van der Waals surface area contributed by atoms with E-state index < -0.39 is 0 Å². The molecule has 112 valence electrons. The fraction of sp³-hybridized carbons (Fsp3) is 0.278. The van der Waals surface area contributed by atoms with Gasteiger partial charge in [0, 0.05) is 10.4 Å². The van der Waals surface area contributed by atoms with E-state index in [4.69, 9.17) is 9.47 Å². The van der Waals surface area contributed by atoms with Gasteiger partial charge < -0.3 is 9.47 Å². The van der Waals surface area contributed by atoms with Gasteiger partial charge in [0.05, 0.1) is 18.6 Å². The van der Waals surface area contributed by atoms with Crippen molar-refractivity contribution in [2.24, 2.45) is 11.8 Å². The summed E-state index contributed by atoms with van der Waals surface area (Å²) in [7, 11) is 0. The Morgan fingerprint density at radius 3 is 2.32 bits per heavy atom. The van der Waals surface area contributed by atoms with Crippen molar-refractivity contribution in [1.82, 2.24) is 0 Å². The maximum Gasteiger partial charge on any atom is 0.313 e. The molecular weight excluding hydrogens is 344 g/mol.